The van der Waals surface area contributed by atoms with Crippen LogP contribution in [0.2, 0.25) is 0 Å². The number of nitrogens with two attached hydrogens (primary N) is 1. The Hall–Kier alpha value is -1.71. The second kappa shape index (κ2) is 3.21. The Labute approximate surface area is 82.3 Å². The largest absolute Gasteiger partial charge is 0.490 e. The predicted molar refractivity (Wildman–Crippen MR) is 55.5 cm³/mol. The van der Waals surface area contributed by atoms with Gasteiger partial charge in [-0.1, -0.05) is 0 Å². The van der Waals surface area contributed by atoms with Crippen molar-refractivity contribution in [2.24, 2.45) is 0 Å². The van der Waals surface area contributed by atoms with Crippen LogP contribution < -0.4 is 10.5 Å². The number of imidazole rings is 1. The molecule has 0 aliphatic heterocycles. The summed E-state index contributed by atoms with van der Waals surface area (Å²) in [6.07, 6.45) is 3.76. The second-order valence-electron chi connectivity index (χ2n) is 3.18. The molecule has 0 aromatic carbocycles. The third-order valence-corrected chi connectivity index (χ3v) is 1.96. The van der Waals surface area contributed by atoms with Gasteiger partial charge in [0, 0.05) is 18.5 Å². The van der Waals surface area contributed by atoms with E-state index in [1.807, 2.05) is 30.6 Å². The Balaban J connectivity index is 2.66. The number of fused-ring (bicyclic) bond motifs is 1. The van der Waals surface area contributed by atoms with Crippen molar-refractivity contribution in [3.05, 3.63) is 24.2 Å². The van der Waals surface area contributed by atoms with E-state index in [0.29, 0.717) is 12.3 Å². The van der Waals surface area contributed by atoms with E-state index in [0.717, 1.165) is 17.1 Å². The Kier molecular flexibility index (Phi) is 2.04. The highest BCUT2D eigenvalue weighted by molar-refractivity contribution is 5.60. The highest BCUT2D eigenvalue weighted by Crippen LogP contribution is 2.22. The first kappa shape index (κ1) is 8.87. The monoisotopic (exact) mass is 191 g/mol. The average Bonchev–Trinajstić information content (AvgIpc) is 2.45. The van der Waals surface area contributed by atoms with Crippen molar-refractivity contribution < 1.29 is 4.74 Å². The summed E-state index contributed by atoms with van der Waals surface area (Å²) in [7, 11) is 0. The number of hydrogen-bond acceptors (Lipinski definition) is 3. The van der Waals surface area contributed by atoms with E-state index < -0.39 is 0 Å². The van der Waals surface area contributed by atoms with E-state index in [1.165, 1.54) is 0 Å². The Bertz CT molecular complexity index is 462. The number of nitrogens with zero attached hydrogens (tertiary/aromatic N) is 2. The number of hydrogen-bond donors (Lipinski definition) is 1. The Morgan fingerprint density at radius 1 is 1.50 bits per heavy atom. The zero-order valence-corrected chi connectivity index (χ0v) is 8.32. The van der Waals surface area contributed by atoms with Crippen LogP contribution in [0.15, 0.2) is 18.5 Å². The van der Waals surface area contributed by atoms with E-state index >= 15 is 0 Å². The van der Waals surface area contributed by atoms with Gasteiger partial charge in [0.2, 0.25) is 0 Å². The molecule has 0 saturated carbocycles. The highest BCUT2D eigenvalue weighted by atomic mass is 16.5. The van der Waals surface area contributed by atoms with Crippen molar-refractivity contribution in [1.29, 1.82) is 0 Å². The molecule has 0 amide bonds. The van der Waals surface area contributed by atoms with Crippen molar-refractivity contribution in [2.45, 2.75) is 13.8 Å². The van der Waals surface area contributed by atoms with Crippen LogP contribution in [0.3, 0.4) is 0 Å². The first-order valence-electron chi connectivity index (χ1n) is 4.58. The number of anilines is 1. The van der Waals surface area contributed by atoms with Crippen LogP contribution in [0.4, 0.5) is 5.69 Å². The lowest BCUT2D eigenvalue weighted by Crippen LogP contribution is -1.97. The molecule has 0 fully saturated rings. The van der Waals surface area contributed by atoms with Gasteiger partial charge in [-0.15, -0.1) is 0 Å². The molecule has 2 N–H and O–H groups in total. The van der Waals surface area contributed by atoms with E-state index in [1.54, 1.807) is 6.07 Å². The van der Waals surface area contributed by atoms with Crippen LogP contribution >= 0.6 is 0 Å². The smallest absolute Gasteiger partial charge is 0.180 e. The quantitative estimate of drug-likeness (QED) is 0.784. The van der Waals surface area contributed by atoms with Gasteiger partial charge >= 0.3 is 0 Å². The molecule has 2 aromatic heterocycles. The molecular formula is C10H13N3O. The molecule has 2 heterocycles. The van der Waals surface area contributed by atoms with Crippen LogP contribution in [0.25, 0.3) is 5.65 Å². The summed E-state index contributed by atoms with van der Waals surface area (Å²) < 4.78 is 7.33. The van der Waals surface area contributed by atoms with Gasteiger partial charge in [-0.05, 0) is 13.8 Å². The number of ether oxygens (including phenoxy) is 1. The van der Waals surface area contributed by atoms with Crippen molar-refractivity contribution in [1.82, 2.24) is 9.38 Å². The van der Waals surface area contributed by atoms with Crippen LogP contribution in [-0.4, -0.2) is 16.0 Å². The van der Waals surface area contributed by atoms with E-state index in [9.17, 15) is 0 Å². The van der Waals surface area contributed by atoms with E-state index in [-0.39, 0.29) is 0 Å². The summed E-state index contributed by atoms with van der Waals surface area (Å²) in [6.45, 7) is 4.50. The molecule has 2 aromatic rings. The normalized spacial score (nSPS) is 10.7. The van der Waals surface area contributed by atoms with E-state index in [4.69, 9.17) is 10.5 Å². The lowest BCUT2D eigenvalue weighted by atomic mass is 10.4. The van der Waals surface area contributed by atoms with Crippen molar-refractivity contribution in [2.75, 3.05) is 12.3 Å². The first-order chi connectivity index (χ1) is 6.70. The van der Waals surface area contributed by atoms with E-state index in [2.05, 4.69) is 4.98 Å². The zero-order valence-electron chi connectivity index (χ0n) is 8.32. The molecule has 4 nitrogen and oxygen atoms in total. The summed E-state index contributed by atoms with van der Waals surface area (Å²) in [5.74, 6) is 0.737. The van der Waals surface area contributed by atoms with Gasteiger partial charge in [-0.3, -0.25) is 0 Å². The fourth-order valence-electron chi connectivity index (χ4n) is 1.47. The van der Waals surface area contributed by atoms with Crippen LogP contribution in [0.1, 0.15) is 12.6 Å². The molecular weight excluding hydrogens is 178 g/mol. The summed E-state index contributed by atoms with van der Waals surface area (Å²) in [5, 5.41) is 0. The summed E-state index contributed by atoms with van der Waals surface area (Å²) in [5.41, 5.74) is 8.19. The number of aromatic nitrogens is 2. The molecule has 0 bridgehead atoms. The van der Waals surface area contributed by atoms with Gasteiger partial charge in [0.05, 0.1) is 18.0 Å². The third-order valence-electron chi connectivity index (χ3n) is 1.96. The molecule has 14 heavy (non-hydrogen) atoms. The molecule has 0 aliphatic carbocycles. The summed E-state index contributed by atoms with van der Waals surface area (Å²) >= 11 is 0. The standard InChI is InChI=1S/C10H13N3O/c1-3-14-9-4-8(11)6-13-5-7(2)12-10(9)13/h4-6H,3,11H2,1-2H3. The lowest BCUT2D eigenvalue weighted by molar-refractivity contribution is 0.342. The number of pyridine rings is 1. The molecule has 0 aliphatic rings. The van der Waals surface area contributed by atoms with Crippen molar-refractivity contribution in [3.8, 4) is 5.75 Å². The van der Waals surface area contributed by atoms with Gasteiger partial charge in [-0.2, -0.15) is 0 Å². The van der Waals surface area contributed by atoms with Gasteiger partial charge < -0.3 is 14.9 Å². The molecule has 4 heteroatoms. The first-order valence-corrected chi connectivity index (χ1v) is 4.58. The SMILES string of the molecule is CCOc1cc(N)cn2cc(C)nc12. The topological polar surface area (TPSA) is 52.5 Å². The molecule has 2 rings (SSSR count). The average molecular weight is 191 g/mol. The fraction of sp³-hybridized carbons (Fsp3) is 0.300. The Morgan fingerprint density at radius 2 is 2.29 bits per heavy atom. The minimum absolute atomic E-state index is 0.616. The minimum atomic E-state index is 0.616. The summed E-state index contributed by atoms with van der Waals surface area (Å²) in [6, 6.07) is 1.80. The van der Waals surface area contributed by atoms with Crippen molar-refractivity contribution >= 4 is 11.3 Å². The maximum Gasteiger partial charge on any atom is 0.180 e. The van der Waals surface area contributed by atoms with Gasteiger partial charge in [0.15, 0.2) is 11.4 Å². The molecule has 0 saturated heterocycles. The second-order valence-corrected chi connectivity index (χ2v) is 3.18. The molecule has 0 unspecified atom stereocenters. The molecule has 0 spiro atoms. The predicted octanol–water partition coefficient (Wildman–Crippen LogP) is 1.62. The number of rotatable bonds is 2. The fourth-order valence-corrected chi connectivity index (χ4v) is 1.47. The van der Waals surface area contributed by atoms with Crippen LogP contribution in [0.5, 0.6) is 5.75 Å². The van der Waals surface area contributed by atoms with Crippen LogP contribution in [-0.2, 0) is 0 Å². The number of aryl methyl sites for hydroxylation is 1. The van der Waals surface area contributed by atoms with Gasteiger partial charge in [0.1, 0.15) is 0 Å². The van der Waals surface area contributed by atoms with Crippen LogP contribution in [0, 0.1) is 6.92 Å². The maximum atomic E-state index is 5.74. The lowest BCUT2D eigenvalue weighted by Gasteiger charge is -2.05. The Morgan fingerprint density at radius 3 is 3.00 bits per heavy atom. The molecule has 74 valence electrons. The van der Waals surface area contributed by atoms with Gasteiger partial charge in [-0.25, -0.2) is 4.98 Å². The number of nitrogen functional groups attached to an aromatic ring is 1. The highest BCUT2D eigenvalue weighted by Gasteiger charge is 2.06. The summed E-state index contributed by atoms with van der Waals surface area (Å²) in [4.78, 5) is 4.36. The molecule has 0 radical (unpaired) electrons. The molecule has 0 atom stereocenters. The van der Waals surface area contributed by atoms with Gasteiger partial charge in [0.25, 0.3) is 0 Å². The van der Waals surface area contributed by atoms with Crippen molar-refractivity contribution in [3.63, 3.8) is 0 Å². The third kappa shape index (κ3) is 1.39. The minimum Gasteiger partial charge on any atom is -0.490 e. The maximum absolute atomic E-state index is 5.74. The zero-order chi connectivity index (χ0) is 10.1.